The van der Waals surface area contributed by atoms with Crippen LogP contribution in [0.5, 0.6) is 5.75 Å². The van der Waals surface area contributed by atoms with Gasteiger partial charge in [-0.3, -0.25) is 4.79 Å². The lowest BCUT2D eigenvalue weighted by molar-refractivity contribution is -0.131. The highest BCUT2D eigenvalue weighted by Crippen LogP contribution is 2.17. The van der Waals surface area contributed by atoms with E-state index in [4.69, 9.17) is 4.74 Å². The van der Waals surface area contributed by atoms with E-state index in [0.717, 1.165) is 13.1 Å². The summed E-state index contributed by atoms with van der Waals surface area (Å²) >= 11 is 0. The van der Waals surface area contributed by atoms with Gasteiger partial charge in [-0.25, -0.2) is 4.39 Å². The molecule has 1 heterocycles. The van der Waals surface area contributed by atoms with Crippen molar-refractivity contribution in [3.63, 3.8) is 0 Å². The summed E-state index contributed by atoms with van der Waals surface area (Å²) in [4.78, 5) is 13.7. The molecular formula is C13H17FN2O2. The molecule has 0 aromatic heterocycles. The van der Waals surface area contributed by atoms with Crippen molar-refractivity contribution in [3.05, 3.63) is 29.6 Å². The summed E-state index contributed by atoms with van der Waals surface area (Å²) in [5.74, 6) is 0.0456. The van der Waals surface area contributed by atoms with Gasteiger partial charge < -0.3 is 15.0 Å². The van der Waals surface area contributed by atoms with Crippen LogP contribution in [0.15, 0.2) is 18.2 Å². The fourth-order valence-corrected chi connectivity index (χ4v) is 1.99. The third-order valence-corrected chi connectivity index (χ3v) is 3.07. The Morgan fingerprint density at radius 2 is 2.17 bits per heavy atom. The summed E-state index contributed by atoms with van der Waals surface area (Å²) in [6.07, 6.45) is 0.107. The van der Waals surface area contributed by atoms with Gasteiger partial charge in [-0.05, 0) is 11.6 Å². The number of nitrogens with zero attached hydrogens (tertiary/aromatic N) is 1. The molecule has 1 aromatic carbocycles. The van der Waals surface area contributed by atoms with Crippen LogP contribution in [0.3, 0.4) is 0 Å². The SMILES string of the molecule is COc1ccc(CC(=O)N2CCNCC2)c(F)c1. The number of amides is 1. The molecule has 4 nitrogen and oxygen atoms in total. The van der Waals surface area contributed by atoms with Crippen molar-refractivity contribution < 1.29 is 13.9 Å². The molecule has 0 spiro atoms. The first-order valence-corrected chi connectivity index (χ1v) is 6.01. The van der Waals surface area contributed by atoms with Crippen LogP contribution in [0.4, 0.5) is 4.39 Å². The summed E-state index contributed by atoms with van der Waals surface area (Å²) in [5, 5.41) is 3.18. The van der Waals surface area contributed by atoms with Crippen molar-refractivity contribution in [1.82, 2.24) is 10.2 Å². The number of carbonyl (C=O) groups is 1. The molecule has 1 N–H and O–H groups in total. The fourth-order valence-electron chi connectivity index (χ4n) is 1.99. The second-order valence-corrected chi connectivity index (χ2v) is 4.26. The number of halogens is 1. The number of methoxy groups -OCH3 is 1. The minimum Gasteiger partial charge on any atom is -0.497 e. The molecule has 1 aromatic rings. The Labute approximate surface area is 106 Å². The standard InChI is InChI=1S/C13H17FN2O2/c1-18-11-3-2-10(12(14)9-11)8-13(17)16-6-4-15-5-7-16/h2-3,9,15H,4-8H2,1H3. The van der Waals surface area contributed by atoms with Crippen LogP contribution >= 0.6 is 0 Å². The van der Waals surface area contributed by atoms with Gasteiger partial charge in [0, 0.05) is 32.2 Å². The Balaban J connectivity index is 2.02. The van der Waals surface area contributed by atoms with Crippen molar-refractivity contribution in [2.45, 2.75) is 6.42 Å². The third-order valence-electron chi connectivity index (χ3n) is 3.07. The Morgan fingerprint density at radius 1 is 1.44 bits per heavy atom. The van der Waals surface area contributed by atoms with Crippen molar-refractivity contribution >= 4 is 5.91 Å². The van der Waals surface area contributed by atoms with Crippen molar-refractivity contribution in [2.24, 2.45) is 0 Å². The number of nitrogens with one attached hydrogen (secondary N) is 1. The van der Waals surface area contributed by atoms with E-state index in [9.17, 15) is 9.18 Å². The molecule has 1 fully saturated rings. The van der Waals surface area contributed by atoms with Gasteiger partial charge in [-0.1, -0.05) is 6.07 Å². The summed E-state index contributed by atoms with van der Waals surface area (Å²) < 4.78 is 18.6. The lowest BCUT2D eigenvalue weighted by Crippen LogP contribution is -2.47. The van der Waals surface area contributed by atoms with Gasteiger partial charge in [-0.2, -0.15) is 0 Å². The number of hydrogen-bond donors (Lipinski definition) is 1. The molecule has 2 rings (SSSR count). The zero-order chi connectivity index (χ0) is 13.0. The Hall–Kier alpha value is -1.62. The van der Waals surface area contributed by atoms with Gasteiger partial charge in [0.15, 0.2) is 0 Å². The van der Waals surface area contributed by atoms with E-state index < -0.39 is 5.82 Å². The van der Waals surface area contributed by atoms with Crippen LogP contribution in [0, 0.1) is 5.82 Å². The van der Waals surface area contributed by atoms with Gasteiger partial charge >= 0.3 is 0 Å². The molecule has 1 aliphatic rings. The van der Waals surface area contributed by atoms with Crippen LogP contribution in [0.25, 0.3) is 0 Å². The summed E-state index contributed by atoms with van der Waals surface area (Å²) in [6.45, 7) is 2.99. The molecule has 0 bridgehead atoms. The second-order valence-electron chi connectivity index (χ2n) is 4.26. The zero-order valence-corrected chi connectivity index (χ0v) is 10.4. The van der Waals surface area contributed by atoms with E-state index >= 15 is 0 Å². The molecule has 0 atom stereocenters. The van der Waals surface area contributed by atoms with Crippen molar-refractivity contribution in [1.29, 1.82) is 0 Å². The van der Waals surface area contributed by atoms with Gasteiger partial charge in [0.1, 0.15) is 11.6 Å². The minimum absolute atomic E-state index is 0.0273. The van der Waals surface area contributed by atoms with Crippen molar-refractivity contribution in [2.75, 3.05) is 33.3 Å². The Kier molecular flexibility index (Phi) is 4.15. The molecular weight excluding hydrogens is 235 g/mol. The highest BCUT2D eigenvalue weighted by atomic mass is 19.1. The number of piperazine rings is 1. The van der Waals surface area contributed by atoms with Crippen LogP contribution in [0.1, 0.15) is 5.56 Å². The molecule has 5 heteroatoms. The van der Waals surface area contributed by atoms with Crippen LogP contribution in [-0.2, 0) is 11.2 Å². The van der Waals surface area contributed by atoms with E-state index in [1.807, 2.05) is 0 Å². The normalized spacial score (nSPS) is 15.6. The molecule has 1 amide bonds. The lowest BCUT2D eigenvalue weighted by Gasteiger charge is -2.27. The topological polar surface area (TPSA) is 41.6 Å². The maximum atomic E-state index is 13.7. The zero-order valence-electron chi connectivity index (χ0n) is 10.4. The first kappa shape index (κ1) is 12.8. The largest absolute Gasteiger partial charge is 0.497 e. The van der Waals surface area contributed by atoms with Crippen molar-refractivity contribution in [3.8, 4) is 5.75 Å². The maximum absolute atomic E-state index is 13.7. The maximum Gasteiger partial charge on any atom is 0.227 e. The third kappa shape index (κ3) is 2.98. The molecule has 0 unspecified atom stereocenters. The number of rotatable bonds is 3. The first-order valence-electron chi connectivity index (χ1n) is 6.01. The molecule has 1 saturated heterocycles. The van der Waals surface area contributed by atoms with E-state index in [1.165, 1.54) is 13.2 Å². The molecule has 98 valence electrons. The predicted octanol–water partition coefficient (Wildman–Crippen LogP) is 0.809. The molecule has 0 saturated carbocycles. The fraction of sp³-hybridized carbons (Fsp3) is 0.462. The summed E-state index contributed by atoms with van der Waals surface area (Å²) in [6, 6.07) is 4.58. The summed E-state index contributed by atoms with van der Waals surface area (Å²) in [7, 11) is 1.49. The van der Waals surface area contributed by atoms with E-state index in [-0.39, 0.29) is 12.3 Å². The average molecular weight is 252 g/mol. The van der Waals surface area contributed by atoms with Crippen LogP contribution in [0.2, 0.25) is 0 Å². The van der Waals surface area contributed by atoms with Crippen LogP contribution < -0.4 is 10.1 Å². The minimum atomic E-state index is -0.391. The van der Waals surface area contributed by atoms with Gasteiger partial charge in [-0.15, -0.1) is 0 Å². The smallest absolute Gasteiger partial charge is 0.227 e. The van der Waals surface area contributed by atoms with E-state index in [0.29, 0.717) is 24.4 Å². The molecule has 0 radical (unpaired) electrons. The monoisotopic (exact) mass is 252 g/mol. The van der Waals surface area contributed by atoms with Gasteiger partial charge in [0.2, 0.25) is 5.91 Å². The Bertz CT molecular complexity index is 431. The van der Waals surface area contributed by atoms with Gasteiger partial charge in [0.25, 0.3) is 0 Å². The highest BCUT2D eigenvalue weighted by molar-refractivity contribution is 5.79. The molecule has 1 aliphatic heterocycles. The average Bonchev–Trinajstić information content (AvgIpc) is 2.42. The van der Waals surface area contributed by atoms with Crippen LogP contribution in [-0.4, -0.2) is 44.1 Å². The Morgan fingerprint density at radius 3 is 2.78 bits per heavy atom. The first-order chi connectivity index (χ1) is 8.70. The summed E-state index contributed by atoms with van der Waals surface area (Å²) in [5.41, 5.74) is 0.416. The van der Waals surface area contributed by atoms with Gasteiger partial charge in [0.05, 0.1) is 13.5 Å². The number of hydrogen-bond acceptors (Lipinski definition) is 3. The number of benzene rings is 1. The number of carbonyl (C=O) groups excluding carboxylic acids is 1. The second kappa shape index (κ2) is 5.82. The predicted molar refractivity (Wildman–Crippen MR) is 66.1 cm³/mol. The lowest BCUT2D eigenvalue weighted by atomic mass is 10.1. The highest BCUT2D eigenvalue weighted by Gasteiger charge is 2.17. The number of ether oxygens (including phenoxy) is 1. The van der Waals surface area contributed by atoms with E-state index in [1.54, 1.807) is 17.0 Å². The quantitative estimate of drug-likeness (QED) is 0.865. The molecule has 0 aliphatic carbocycles. The van der Waals surface area contributed by atoms with E-state index in [2.05, 4.69) is 5.32 Å². The molecule has 18 heavy (non-hydrogen) atoms.